The summed E-state index contributed by atoms with van der Waals surface area (Å²) in [6.07, 6.45) is 2.77. The summed E-state index contributed by atoms with van der Waals surface area (Å²) in [4.78, 5) is 26.3. The van der Waals surface area contributed by atoms with Crippen LogP contribution in [0, 0.1) is 24.7 Å². The maximum absolute atomic E-state index is 12.4. The number of aryl methyl sites for hydroxylation is 1. The van der Waals surface area contributed by atoms with Crippen molar-refractivity contribution in [1.29, 1.82) is 0 Å². The van der Waals surface area contributed by atoms with E-state index in [0.717, 1.165) is 30.5 Å². The summed E-state index contributed by atoms with van der Waals surface area (Å²) in [6.45, 7) is 4.47. The Hall–Kier alpha value is -1.84. The predicted octanol–water partition coefficient (Wildman–Crippen LogP) is 2.79. The van der Waals surface area contributed by atoms with Crippen molar-refractivity contribution in [3.8, 4) is 0 Å². The molecule has 1 aromatic carbocycles. The number of hydrogen-bond donors (Lipinski definition) is 1. The van der Waals surface area contributed by atoms with E-state index in [0.29, 0.717) is 5.92 Å². The van der Waals surface area contributed by atoms with Crippen molar-refractivity contribution in [2.45, 2.75) is 33.1 Å². The molecular formula is C17H22N2O2. The van der Waals surface area contributed by atoms with Gasteiger partial charge in [-0.1, -0.05) is 19.1 Å². The maximum Gasteiger partial charge on any atom is 0.234 e. The normalized spacial score (nSPS) is 28.7. The highest BCUT2D eigenvalue weighted by atomic mass is 16.2. The number of carbonyl (C=O) groups excluding carboxylic acids is 2. The average molecular weight is 286 g/mol. The van der Waals surface area contributed by atoms with Gasteiger partial charge in [0.25, 0.3) is 0 Å². The second-order valence-electron chi connectivity index (χ2n) is 6.44. The lowest BCUT2D eigenvalue weighted by Crippen LogP contribution is -2.35. The molecule has 0 aromatic heterocycles. The molecule has 1 aliphatic carbocycles. The summed E-state index contributed by atoms with van der Waals surface area (Å²) >= 11 is 0. The molecular weight excluding hydrogens is 264 g/mol. The third kappa shape index (κ3) is 2.67. The van der Waals surface area contributed by atoms with Crippen molar-refractivity contribution in [1.82, 2.24) is 4.90 Å². The molecule has 2 aliphatic rings. The number of amides is 2. The first kappa shape index (κ1) is 14.1. The summed E-state index contributed by atoms with van der Waals surface area (Å²) < 4.78 is 0. The molecule has 2 fully saturated rings. The van der Waals surface area contributed by atoms with Crippen molar-refractivity contribution in [3.05, 3.63) is 29.8 Å². The van der Waals surface area contributed by atoms with Gasteiger partial charge in [-0.25, -0.2) is 0 Å². The summed E-state index contributed by atoms with van der Waals surface area (Å²) in [7, 11) is 0. The van der Waals surface area contributed by atoms with Gasteiger partial charge in [0, 0.05) is 5.69 Å². The van der Waals surface area contributed by atoms with E-state index in [1.165, 1.54) is 4.90 Å². The number of rotatable bonds is 3. The highest BCUT2D eigenvalue weighted by molar-refractivity contribution is 6.05. The lowest BCUT2D eigenvalue weighted by Gasteiger charge is -2.25. The lowest BCUT2D eigenvalue weighted by molar-refractivity contribution is -0.139. The first-order chi connectivity index (χ1) is 10.1. The van der Waals surface area contributed by atoms with Gasteiger partial charge >= 0.3 is 0 Å². The van der Waals surface area contributed by atoms with Gasteiger partial charge in [0.15, 0.2) is 0 Å². The zero-order valence-corrected chi connectivity index (χ0v) is 12.6. The summed E-state index contributed by atoms with van der Waals surface area (Å²) in [5.74, 6) is 0.412. The van der Waals surface area contributed by atoms with E-state index < -0.39 is 0 Å². The van der Waals surface area contributed by atoms with E-state index in [1.54, 1.807) is 0 Å². The largest absolute Gasteiger partial charge is 0.367 e. The molecule has 1 saturated carbocycles. The first-order valence-corrected chi connectivity index (χ1v) is 7.72. The molecule has 4 nitrogen and oxygen atoms in total. The van der Waals surface area contributed by atoms with E-state index in [1.807, 2.05) is 31.2 Å². The lowest BCUT2D eigenvalue weighted by atomic mass is 9.76. The number of imide groups is 1. The minimum atomic E-state index is -0.0828. The Balaban J connectivity index is 1.68. The topological polar surface area (TPSA) is 49.4 Å². The van der Waals surface area contributed by atoms with Crippen molar-refractivity contribution in [2.75, 3.05) is 12.0 Å². The van der Waals surface area contributed by atoms with Crippen molar-refractivity contribution in [3.63, 3.8) is 0 Å². The molecule has 0 spiro atoms. The minimum absolute atomic E-state index is 0.0108. The zero-order chi connectivity index (χ0) is 15.0. The van der Waals surface area contributed by atoms with Gasteiger partial charge in [-0.05, 0) is 49.8 Å². The number of nitrogens with one attached hydrogen (secondary N) is 1. The number of carbonyl (C=O) groups is 2. The van der Waals surface area contributed by atoms with E-state index >= 15 is 0 Å². The van der Waals surface area contributed by atoms with Crippen molar-refractivity contribution in [2.24, 2.45) is 17.8 Å². The second kappa shape index (κ2) is 5.51. The molecule has 1 N–H and O–H groups in total. The Morgan fingerprint density at radius 2 is 1.95 bits per heavy atom. The fourth-order valence-corrected chi connectivity index (χ4v) is 3.54. The number of anilines is 1. The standard InChI is InChI=1S/C17H22N2O2/c1-11-4-3-5-13(8-11)18-10-19-16(20)14-7-6-12(2)9-15(14)17(19)21/h3-5,8,12,14-15,18H,6-7,9-10H2,1-2H3/t12-,14+,15+/m1/s1. The third-order valence-electron chi connectivity index (χ3n) is 4.74. The maximum atomic E-state index is 12.4. The van der Waals surface area contributed by atoms with Crippen LogP contribution in [0.15, 0.2) is 24.3 Å². The number of nitrogens with zero attached hydrogens (tertiary/aromatic N) is 1. The van der Waals surface area contributed by atoms with Crippen LogP contribution in [0.4, 0.5) is 5.69 Å². The van der Waals surface area contributed by atoms with E-state index in [4.69, 9.17) is 0 Å². The highest BCUT2D eigenvalue weighted by Crippen LogP contribution is 2.40. The quantitative estimate of drug-likeness (QED) is 0.869. The Bertz CT molecular complexity index is 570. The summed E-state index contributed by atoms with van der Waals surface area (Å²) in [5.41, 5.74) is 2.10. The molecule has 21 heavy (non-hydrogen) atoms. The van der Waals surface area contributed by atoms with Crippen LogP contribution < -0.4 is 5.32 Å². The van der Waals surface area contributed by atoms with Crippen LogP contribution in [0.5, 0.6) is 0 Å². The Morgan fingerprint density at radius 3 is 2.71 bits per heavy atom. The molecule has 0 bridgehead atoms. The van der Waals surface area contributed by atoms with Crippen LogP contribution in [0.1, 0.15) is 31.7 Å². The van der Waals surface area contributed by atoms with Gasteiger partial charge in [-0.15, -0.1) is 0 Å². The van der Waals surface area contributed by atoms with Crippen LogP contribution in [0.25, 0.3) is 0 Å². The number of benzene rings is 1. The SMILES string of the molecule is Cc1cccc(NCN2C(=O)[C@H]3CC[C@@H](C)C[C@@H]3C2=O)c1. The zero-order valence-electron chi connectivity index (χ0n) is 12.6. The molecule has 3 rings (SSSR count). The molecule has 2 amide bonds. The van der Waals surface area contributed by atoms with Crippen LogP contribution in [-0.4, -0.2) is 23.4 Å². The van der Waals surface area contributed by atoms with E-state index in [-0.39, 0.29) is 30.3 Å². The number of hydrogen-bond acceptors (Lipinski definition) is 3. The smallest absolute Gasteiger partial charge is 0.234 e. The molecule has 1 saturated heterocycles. The fourth-order valence-electron chi connectivity index (χ4n) is 3.54. The summed E-state index contributed by atoms with van der Waals surface area (Å²) in [5, 5.41) is 3.19. The average Bonchev–Trinajstić information content (AvgIpc) is 2.69. The fraction of sp³-hybridized carbons (Fsp3) is 0.529. The molecule has 0 unspecified atom stereocenters. The van der Waals surface area contributed by atoms with Gasteiger partial charge in [0.2, 0.25) is 11.8 Å². The molecule has 3 atom stereocenters. The molecule has 1 heterocycles. The van der Waals surface area contributed by atoms with Gasteiger partial charge in [-0.3, -0.25) is 14.5 Å². The van der Waals surface area contributed by atoms with Gasteiger partial charge in [0.1, 0.15) is 0 Å². The summed E-state index contributed by atoms with van der Waals surface area (Å²) in [6, 6.07) is 7.95. The van der Waals surface area contributed by atoms with Gasteiger partial charge < -0.3 is 5.32 Å². The predicted molar refractivity (Wildman–Crippen MR) is 81.5 cm³/mol. The van der Waals surface area contributed by atoms with Crippen LogP contribution >= 0.6 is 0 Å². The van der Waals surface area contributed by atoms with Crippen LogP contribution in [0.2, 0.25) is 0 Å². The Kier molecular flexibility index (Phi) is 3.70. The van der Waals surface area contributed by atoms with Gasteiger partial charge in [-0.2, -0.15) is 0 Å². The number of likely N-dealkylation sites (tertiary alicyclic amines) is 1. The van der Waals surface area contributed by atoms with Gasteiger partial charge in [0.05, 0.1) is 18.5 Å². The van der Waals surface area contributed by atoms with E-state index in [9.17, 15) is 9.59 Å². The molecule has 1 aliphatic heterocycles. The molecule has 0 radical (unpaired) electrons. The Morgan fingerprint density at radius 1 is 1.19 bits per heavy atom. The first-order valence-electron chi connectivity index (χ1n) is 7.72. The minimum Gasteiger partial charge on any atom is -0.367 e. The van der Waals surface area contributed by atoms with Crippen molar-refractivity contribution < 1.29 is 9.59 Å². The van der Waals surface area contributed by atoms with Crippen LogP contribution in [-0.2, 0) is 9.59 Å². The Labute approximate surface area is 125 Å². The molecule has 1 aromatic rings. The third-order valence-corrected chi connectivity index (χ3v) is 4.74. The monoisotopic (exact) mass is 286 g/mol. The van der Waals surface area contributed by atoms with Crippen molar-refractivity contribution >= 4 is 17.5 Å². The van der Waals surface area contributed by atoms with Crippen LogP contribution in [0.3, 0.4) is 0 Å². The second-order valence-corrected chi connectivity index (χ2v) is 6.44. The molecule has 4 heteroatoms. The number of fused-ring (bicyclic) bond motifs is 1. The highest BCUT2D eigenvalue weighted by Gasteiger charge is 2.49. The molecule has 112 valence electrons. The van der Waals surface area contributed by atoms with E-state index in [2.05, 4.69) is 12.2 Å².